The Morgan fingerprint density at radius 2 is 2.06 bits per heavy atom. The average molecular weight is 251 g/mol. The lowest BCUT2D eigenvalue weighted by atomic mass is 9.64. The van der Waals surface area contributed by atoms with Gasteiger partial charge in [0.05, 0.1) is 11.8 Å². The van der Waals surface area contributed by atoms with E-state index >= 15 is 0 Å². The fourth-order valence-corrected chi connectivity index (χ4v) is 2.99. The molecule has 1 aliphatic rings. The van der Waals surface area contributed by atoms with E-state index in [1.807, 2.05) is 11.7 Å². The summed E-state index contributed by atoms with van der Waals surface area (Å²) in [6.45, 7) is 10.6. The van der Waals surface area contributed by atoms with Crippen molar-refractivity contribution < 1.29 is 5.11 Å². The number of aryl methyl sites for hydroxylation is 2. The number of aromatic nitrogens is 2. The lowest BCUT2D eigenvalue weighted by molar-refractivity contribution is -0.0755. The van der Waals surface area contributed by atoms with Crippen LogP contribution in [0, 0.1) is 19.3 Å². The molecule has 0 bridgehead atoms. The molecule has 2 rings (SSSR count). The first-order valence-electron chi connectivity index (χ1n) is 6.69. The minimum atomic E-state index is -0.182. The van der Waals surface area contributed by atoms with Gasteiger partial charge in [-0.05, 0) is 27.2 Å². The third kappa shape index (κ3) is 1.97. The van der Waals surface area contributed by atoms with Crippen LogP contribution in [0.4, 0.5) is 0 Å². The van der Waals surface area contributed by atoms with Gasteiger partial charge in [0.25, 0.3) is 0 Å². The van der Waals surface area contributed by atoms with Gasteiger partial charge < -0.3 is 10.4 Å². The lowest BCUT2D eigenvalue weighted by Gasteiger charge is -2.50. The second-order valence-electron chi connectivity index (χ2n) is 6.22. The number of nitrogens with zero attached hydrogens (tertiary/aromatic N) is 2. The molecule has 102 valence electrons. The molecular weight excluding hydrogens is 226 g/mol. The number of aliphatic hydroxyl groups excluding tert-OH is 1. The third-order valence-corrected chi connectivity index (χ3v) is 4.67. The summed E-state index contributed by atoms with van der Waals surface area (Å²) in [6, 6.07) is 0.650. The van der Waals surface area contributed by atoms with Crippen LogP contribution in [0.3, 0.4) is 0 Å². The number of hydrogen-bond acceptors (Lipinski definition) is 3. The van der Waals surface area contributed by atoms with Gasteiger partial charge in [0.2, 0.25) is 0 Å². The Morgan fingerprint density at radius 1 is 1.44 bits per heavy atom. The molecule has 4 heteroatoms. The smallest absolute Gasteiger partial charge is 0.0644 e. The highest BCUT2D eigenvalue weighted by Gasteiger charge is 2.47. The molecule has 3 unspecified atom stereocenters. The molecule has 1 aromatic heterocycles. The van der Waals surface area contributed by atoms with Crippen molar-refractivity contribution in [3.8, 4) is 0 Å². The average Bonchev–Trinajstić information content (AvgIpc) is 2.52. The van der Waals surface area contributed by atoms with Crippen LogP contribution in [0.15, 0.2) is 0 Å². The molecule has 1 saturated carbocycles. The third-order valence-electron chi connectivity index (χ3n) is 4.67. The van der Waals surface area contributed by atoms with Crippen molar-refractivity contribution in [1.29, 1.82) is 0 Å². The number of nitrogens with one attached hydrogen (secondary N) is 1. The van der Waals surface area contributed by atoms with E-state index in [2.05, 4.69) is 45.0 Å². The highest BCUT2D eigenvalue weighted by atomic mass is 16.3. The molecule has 0 aromatic carbocycles. The van der Waals surface area contributed by atoms with Crippen LogP contribution in [0.25, 0.3) is 0 Å². The quantitative estimate of drug-likeness (QED) is 0.862. The van der Waals surface area contributed by atoms with Gasteiger partial charge in [-0.1, -0.05) is 13.8 Å². The molecule has 0 aliphatic heterocycles. The van der Waals surface area contributed by atoms with Gasteiger partial charge in [0.15, 0.2) is 0 Å². The second-order valence-corrected chi connectivity index (χ2v) is 6.22. The normalized spacial score (nSPS) is 27.9. The zero-order valence-electron chi connectivity index (χ0n) is 12.3. The van der Waals surface area contributed by atoms with Crippen molar-refractivity contribution in [3.05, 3.63) is 17.0 Å². The summed E-state index contributed by atoms with van der Waals surface area (Å²) in [6.07, 6.45) is 0.661. The van der Waals surface area contributed by atoms with E-state index in [1.54, 1.807) is 0 Å². The maximum atomic E-state index is 9.79. The first-order valence-corrected chi connectivity index (χ1v) is 6.69. The van der Waals surface area contributed by atoms with Crippen molar-refractivity contribution in [1.82, 2.24) is 15.1 Å². The predicted molar refractivity (Wildman–Crippen MR) is 72.4 cm³/mol. The fraction of sp³-hybridized carbons (Fsp3) is 0.786. The van der Waals surface area contributed by atoms with Gasteiger partial charge in [-0.2, -0.15) is 5.10 Å². The number of rotatable bonds is 3. The van der Waals surface area contributed by atoms with E-state index in [0.29, 0.717) is 6.04 Å². The summed E-state index contributed by atoms with van der Waals surface area (Å²) in [5.41, 5.74) is 3.56. The standard InChI is InChI=1S/C14H25N3O/c1-8(13-9(2)16-17(6)10(13)3)15-11-7-12(18)14(11,4)5/h8,11-12,15,18H,7H2,1-6H3. The van der Waals surface area contributed by atoms with Gasteiger partial charge in [-0.15, -0.1) is 0 Å². The lowest BCUT2D eigenvalue weighted by Crippen LogP contribution is -2.60. The highest BCUT2D eigenvalue weighted by Crippen LogP contribution is 2.41. The molecule has 0 saturated heterocycles. The summed E-state index contributed by atoms with van der Waals surface area (Å²) < 4.78 is 1.93. The van der Waals surface area contributed by atoms with Crippen LogP contribution >= 0.6 is 0 Å². The summed E-state index contributed by atoms with van der Waals surface area (Å²) in [7, 11) is 1.98. The van der Waals surface area contributed by atoms with Gasteiger partial charge in [-0.25, -0.2) is 0 Å². The Bertz CT molecular complexity index is 450. The Kier molecular flexibility index (Phi) is 3.28. The summed E-state index contributed by atoms with van der Waals surface area (Å²) in [5, 5.41) is 17.9. The van der Waals surface area contributed by atoms with Gasteiger partial charge in [0, 0.05) is 35.8 Å². The largest absolute Gasteiger partial charge is 0.392 e. The first kappa shape index (κ1) is 13.6. The molecule has 4 nitrogen and oxygen atoms in total. The topological polar surface area (TPSA) is 50.1 Å². The summed E-state index contributed by atoms with van der Waals surface area (Å²) in [5.74, 6) is 0. The van der Waals surface area contributed by atoms with Crippen LogP contribution in [0.1, 0.15) is 50.2 Å². The summed E-state index contributed by atoms with van der Waals surface area (Å²) >= 11 is 0. The molecule has 0 amide bonds. The van der Waals surface area contributed by atoms with Crippen LogP contribution in [0.2, 0.25) is 0 Å². The Balaban J connectivity index is 2.11. The predicted octanol–water partition coefficient (Wildman–Crippen LogP) is 1.85. The second kappa shape index (κ2) is 4.35. The van der Waals surface area contributed by atoms with Crippen molar-refractivity contribution in [2.45, 2.75) is 59.2 Å². The molecule has 1 heterocycles. The molecule has 1 aromatic rings. The molecule has 18 heavy (non-hydrogen) atoms. The molecule has 3 atom stereocenters. The molecular formula is C14H25N3O. The van der Waals surface area contributed by atoms with Crippen molar-refractivity contribution in [2.24, 2.45) is 12.5 Å². The molecule has 1 aliphatic carbocycles. The van der Waals surface area contributed by atoms with E-state index in [4.69, 9.17) is 0 Å². The van der Waals surface area contributed by atoms with Crippen LogP contribution < -0.4 is 5.32 Å². The minimum absolute atomic E-state index is 0.0295. The van der Waals surface area contributed by atoms with Gasteiger partial charge in [0.1, 0.15) is 0 Å². The Hall–Kier alpha value is -0.870. The molecule has 0 spiro atoms. The maximum Gasteiger partial charge on any atom is 0.0644 e. The zero-order valence-corrected chi connectivity index (χ0v) is 12.3. The molecule has 0 radical (unpaired) electrons. The van der Waals surface area contributed by atoms with Crippen molar-refractivity contribution >= 4 is 0 Å². The molecule has 1 fully saturated rings. The Labute approximate surface area is 109 Å². The molecule has 2 N–H and O–H groups in total. The van der Waals surface area contributed by atoms with E-state index in [-0.39, 0.29) is 17.6 Å². The minimum Gasteiger partial charge on any atom is -0.392 e. The van der Waals surface area contributed by atoms with Gasteiger partial charge in [-0.3, -0.25) is 4.68 Å². The van der Waals surface area contributed by atoms with Crippen LogP contribution in [-0.4, -0.2) is 27.0 Å². The number of aliphatic hydroxyl groups is 1. The Morgan fingerprint density at radius 3 is 2.44 bits per heavy atom. The SMILES string of the molecule is Cc1nn(C)c(C)c1C(C)NC1CC(O)C1(C)C. The van der Waals surface area contributed by atoms with E-state index in [1.165, 1.54) is 11.3 Å². The van der Waals surface area contributed by atoms with Crippen LogP contribution in [0.5, 0.6) is 0 Å². The van der Waals surface area contributed by atoms with Gasteiger partial charge >= 0.3 is 0 Å². The zero-order chi connectivity index (χ0) is 13.7. The fourth-order valence-electron chi connectivity index (χ4n) is 2.99. The monoisotopic (exact) mass is 251 g/mol. The highest BCUT2D eigenvalue weighted by molar-refractivity contribution is 5.28. The van der Waals surface area contributed by atoms with Crippen LogP contribution in [-0.2, 0) is 7.05 Å². The van der Waals surface area contributed by atoms with E-state index in [0.717, 1.165) is 12.1 Å². The number of hydrogen-bond donors (Lipinski definition) is 2. The first-order chi connectivity index (χ1) is 8.25. The maximum absolute atomic E-state index is 9.79. The van der Waals surface area contributed by atoms with Crippen molar-refractivity contribution in [2.75, 3.05) is 0 Å². The van der Waals surface area contributed by atoms with Crippen molar-refractivity contribution in [3.63, 3.8) is 0 Å². The van der Waals surface area contributed by atoms with E-state index in [9.17, 15) is 5.11 Å². The van der Waals surface area contributed by atoms with E-state index < -0.39 is 0 Å². The summed E-state index contributed by atoms with van der Waals surface area (Å²) in [4.78, 5) is 0.